The summed E-state index contributed by atoms with van der Waals surface area (Å²) in [7, 11) is 0. The summed E-state index contributed by atoms with van der Waals surface area (Å²) in [6.45, 7) is 9.52. The third-order valence-electron chi connectivity index (χ3n) is 0.0913. The topological polar surface area (TPSA) is 23.8 Å². The highest BCUT2D eigenvalue weighted by Gasteiger charge is 1.34. The van der Waals surface area contributed by atoms with Crippen molar-refractivity contribution in [3.05, 3.63) is 36.3 Å². The van der Waals surface area contributed by atoms with Crippen LogP contribution in [0.1, 0.15) is 0 Å². The van der Waals surface area contributed by atoms with Gasteiger partial charge < -0.3 is 0 Å². The van der Waals surface area contributed by atoms with Gasteiger partial charge >= 0.3 is 0 Å². The van der Waals surface area contributed by atoms with Gasteiger partial charge in [-0.25, -0.2) is 0 Å². The van der Waals surface area contributed by atoms with Crippen LogP contribution < -0.4 is 0 Å². The van der Waals surface area contributed by atoms with Crippen LogP contribution >= 0.6 is 27.5 Å². The molecule has 0 heterocycles. The summed E-state index contributed by atoms with van der Waals surface area (Å²) in [5, 5.41) is 7.51. The highest BCUT2D eigenvalue weighted by molar-refractivity contribution is 9.11. The molecule has 1 nitrogen and oxygen atoms in total. The van der Waals surface area contributed by atoms with Crippen molar-refractivity contribution in [3.63, 3.8) is 0 Å². The molecule has 0 rings (SSSR count). The summed E-state index contributed by atoms with van der Waals surface area (Å²) in [5.74, 6) is 0. The van der Waals surface area contributed by atoms with Crippen molar-refractivity contribution in [2.24, 2.45) is 0 Å². The summed E-state index contributed by atoms with van der Waals surface area (Å²) >= 11 is 7.67. The molecule has 0 aromatic carbocycles. The molecule has 0 radical (unpaired) electrons. The maximum absolute atomic E-state index is 7.51. The van der Waals surface area contributed by atoms with E-state index in [1.165, 1.54) is 11.6 Å². The molecular formula is C7H9BrClN. The first kappa shape index (κ1) is 16.2. The van der Waals surface area contributed by atoms with Crippen LogP contribution in [-0.4, -0.2) is 0 Å². The second-order valence-corrected chi connectivity index (χ2v) is 1.60. The number of halogens is 2. The molecule has 3 heteroatoms. The standard InChI is InChI=1S/C3H3N.C2H3Br.C2H3Cl/c1-2-3-4;2*1-2-3/h2H,1H2;2*2H,1H2. The molecule has 0 saturated carbocycles. The van der Waals surface area contributed by atoms with E-state index in [1.54, 1.807) is 11.1 Å². The van der Waals surface area contributed by atoms with Crippen LogP contribution in [0.25, 0.3) is 0 Å². The molecule has 0 saturated heterocycles. The van der Waals surface area contributed by atoms with Crippen molar-refractivity contribution >= 4 is 27.5 Å². The molecule has 0 aliphatic rings. The lowest BCUT2D eigenvalue weighted by Crippen LogP contribution is -1.23. The third-order valence-corrected chi connectivity index (χ3v) is 0.0913. The van der Waals surface area contributed by atoms with Gasteiger partial charge in [0, 0.05) is 6.08 Å². The van der Waals surface area contributed by atoms with Crippen molar-refractivity contribution < 1.29 is 0 Å². The summed E-state index contributed by atoms with van der Waals surface area (Å²) in [4.78, 5) is 1.56. The van der Waals surface area contributed by atoms with Gasteiger partial charge in [-0.05, 0) is 10.5 Å². The fourth-order valence-corrected chi connectivity index (χ4v) is 0. The molecule has 0 bridgehead atoms. The number of nitriles is 1. The van der Waals surface area contributed by atoms with E-state index in [0.29, 0.717) is 0 Å². The largest absolute Gasteiger partial charge is 0.193 e. The fraction of sp³-hybridized carbons (Fsp3) is 0. The zero-order valence-corrected chi connectivity index (χ0v) is 7.90. The normalized spacial score (nSPS) is 4.10. The molecule has 56 valence electrons. The minimum atomic E-state index is 1.18. The number of nitrogens with zero attached hydrogens (tertiary/aromatic N) is 1. The lowest BCUT2D eigenvalue weighted by Gasteiger charge is -1.31. The average molecular weight is 223 g/mol. The first-order valence-corrected chi connectivity index (χ1v) is 3.53. The molecule has 0 aromatic rings. The minimum Gasteiger partial charge on any atom is -0.193 e. The minimum absolute atomic E-state index is 1.18. The number of hydrogen-bond acceptors (Lipinski definition) is 1. The molecule has 0 aliphatic carbocycles. The Hall–Kier alpha value is -0.520. The van der Waals surface area contributed by atoms with E-state index in [4.69, 9.17) is 16.9 Å². The molecule has 0 amide bonds. The molecule has 0 spiro atoms. The Morgan fingerprint density at radius 1 is 1.40 bits per heavy atom. The quantitative estimate of drug-likeness (QED) is 0.575. The van der Waals surface area contributed by atoms with E-state index in [1.807, 2.05) is 0 Å². The van der Waals surface area contributed by atoms with Gasteiger partial charge in [0.15, 0.2) is 0 Å². The van der Waals surface area contributed by atoms with Crippen LogP contribution in [0.4, 0.5) is 0 Å². The van der Waals surface area contributed by atoms with Crippen LogP contribution in [-0.2, 0) is 0 Å². The smallest absolute Gasteiger partial charge is 0.0905 e. The van der Waals surface area contributed by atoms with Crippen LogP contribution in [0.5, 0.6) is 0 Å². The second kappa shape index (κ2) is 39.2. The van der Waals surface area contributed by atoms with Gasteiger partial charge in [0.05, 0.1) is 6.07 Å². The molecule has 10 heavy (non-hydrogen) atoms. The molecule has 0 unspecified atom stereocenters. The lowest BCUT2D eigenvalue weighted by molar-refractivity contribution is 1.54. The third kappa shape index (κ3) is 1360. The Kier molecular flexibility index (Phi) is 63.6. The molecule has 0 aromatic heterocycles. The van der Waals surface area contributed by atoms with Gasteiger partial charge in [-0.3, -0.25) is 0 Å². The van der Waals surface area contributed by atoms with Crippen molar-refractivity contribution in [2.45, 2.75) is 0 Å². The Labute approximate surface area is 75.4 Å². The van der Waals surface area contributed by atoms with E-state index in [0.717, 1.165) is 0 Å². The molecular weight excluding hydrogens is 213 g/mol. The maximum Gasteiger partial charge on any atom is 0.0905 e. The molecule has 0 N–H and O–H groups in total. The van der Waals surface area contributed by atoms with E-state index in [-0.39, 0.29) is 0 Å². The van der Waals surface area contributed by atoms with Crippen molar-refractivity contribution in [1.82, 2.24) is 0 Å². The number of rotatable bonds is 0. The highest BCUT2D eigenvalue weighted by atomic mass is 79.9. The summed E-state index contributed by atoms with van der Waals surface area (Å²) in [6.07, 6.45) is 1.18. The first-order chi connectivity index (χ1) is 4.74. The Morgan fingerprint density at radius 3 is 1.50 bits per heavy atom. The SMILES string of the molecule is C=CBr.C=CC#N.C=CCl. The fourth-order valence-electron chi connectivity index (χ4n) is 0. The summed E-state index contributed by atoms with van der Waals surface area (Å²) in [5.41, 5.74) is 1.22. The van der Waals surface area contributed by atoms with Gasteiger partial charge in [0.1, 0.15) is 0 Å². The van der Waals surface area contributed by atoms with E-state index >= 15 is 0 Å². The van der Waals surface area contributed by atoms with Crippen LogP contribution in [0.2, 0.25) is 0 Å². The summed E-state index contributed by atoms with van der Waals surface area (Å²) in [6, 6.07) is 1.69. The van der Waals surface area contributed by atoms with Gasteiger partial charge in [0.2, 0.25) is 0 Å². The maximum atomic E-state index is 7.51. The monoisotopic (exact) mass is 221 g/mol. The van der Waals surface area contributed by atoms with Crippen molar-refractivity contribution in [1.29, 1.82) is 5.26 Å². The van der Waals surface area contributed by atoms with Crippen LogP contribution in [0.15, 0.2) is 36.3 Å². The molecule has 0 aliphatic heterocycles. The molecule has 0 atom stereocenters. The Bertz CT molecular complexity index is 109. The summed E-state index contributed by atoms with van der Waals surface area (Å²) < 4.78 is 0. The molecule has 0 fully saturated rings. The average Bonchev–Trinajstić information content (AvgIpc) is 1.91. The van der Waals surface area contributed by atoms with Gasteiger partial charge in [-0.1, -0.05) is 47.3 Å². The van der Waals surface area contributed by atoms with Crippen LogP contribution in [0, 0.1) is 11.3 Å². The predicted molar refractivity (Wildman–Crippen MR) is 51.0 cm³/mol. The van der Waals surface area contributed by atoms with Gasteiger partial charge in [0.25, 0.3) is 0 Å². The zero-order valence-electron chi connectivity index (χ0n) is 5.56. The Balaban J connectivity index is -0.0000000750. The van der Waals surface area contributed by atoms with Gasteiger partial charge in [-0.15, -0.1) is 0 Å². The van der Waals surface area contributed by atoms with E-state index < -0.39 is 0 Å². The number of hydrogen-bond donors (Lipinski definition) is 0. The van der Waals surface area contributed by atoms with E-state index in [9.17, 15) is 0 Å². The van der Waals surface area contributed by atoms with Gasteiger partial charge in [-0.2, -0.15) is 5.26 Å². The second-order valence-electron chi connectivity index (χ2n) is 0.642. The van der Waals surface area contributed by atoms with Crippen molar-refractivity contribution in [3.8, 4) is 6.07 Å². The lowest BCUT2D eigenvalue weighted by atomic mass is 10.8. The van der Waals surface area contributed by atoms with Crippen LogP contribution in [0.3, 0.4) is 0 Å². The highest BCUT2D eigenvalue weighted by Crippen LogP contribution is 1.68. The number of allylic oxidation sites excluding steroid dienone is 1. The van der Waals surface area contributed by atoms with Crippen molar-refractivity contribution in [2.75, 3.05) is 0 Å². The van der Waals surface area contributed by atoms with E-state index in [2.05, 4.69) is 35.7 Å². The Morgan fingerprint density at radius 2 is 1.50 bits per heavy atom. The first-order valence-electron chi connectivity index (χ1n) is 2.17. The predicted octanol–water partition coefficient (Wildman–Crippen LogP) is 3.59. The zero-order chi connectivity index (χ0) is 8.83.